The summed E-state index contributed by atoms with van der Waals surface area (Å²) in [6, 6.07) is 9.27. The van der Waals surface area contributed by atoms with Crippen molar-refractivity contribution in [3.8, 4) is 11.5 Å². The van der Waals surface area contributed by atoms with E-state index in [1.54, 1.807) is 6.92 Å². The van der Waals surface area contributed by atoms with E-state index in [-0.39, 0.29) is 23.7 Å². The molecule has 0 aliphatic rings. The average Bonchev–Trinajstić information content (AvgIpc) is 2.64. The monoisotopic (exact) mass is 393 g/mol. The molecule has 0 saturated heterocycles. The van der Waals surface area contributed by atoms with E-state index >= 15 is 0 Å². The van der Waals surface area contributed by atoms with E-state index in [9.17, 15) is 18.4 Å². The molecule has 28 heavy (non-hydrogen) atoms. The van der Waals surface area contributed by atoms with E-state index in [1.165, 1.54) is 18.2 Å². The summed E-state index contributed by atoms with van der Waals surface area (Å²) in [7, 11) is 0. The third-order valence-corrected chi connectivity index (χ3v) is 3.70. The zero-order valence-corrected chi connectivity index (χ0v) is 15.8. The molecule has 1 amide bonds. The number of rotatable bonds is 8. The van der Waals surface area contributed by atoms with Gasteiger partial charge in [0, 0.05) is 5.69 Å². The molecule has 2 aromatic carbocycles. The second-order valence-electron chi connectivity index (χ2n) is 5.92. The normalized spacial score (nSPS) is 10.5. The Morgan fingerprint density at radius 3 is 2.50 bits per heavy atom. The molecule has 0 radical (unpaired) electrons. The predicted molar refractivity (Wildman–Crippen MR) is 99.1 cm³/mol. The molecule has 0 spiro atoms. The molecule has 8 heteroatoms. The fraction of sp³-hybridized carbons (Fsp3) is 0.300. The van der Waals surface area contributed by atoms with Gasteiger partial charge in [-0.3, -0.25) is 4.79 Å². The standard InChI is InChI=1S/C20H21F2NO5/c1-4-26-17-10-14(7-8-16(17)28-20(21)22)19(25)27-11-18(24)23-15-9-12(2)5-6-13(15)3/h5-10,20H,4,11H2,1-3H3,(H,23,24). The lowest BCUT2D eigenvalue weighted by molar-refractivity contribution is -0.119. The number of hydrogen-bond acceptors (Lipinski definition) is 5. The van der Waals surface area contributed by atoms with E-state index in [0.29, 0.717) is 5.69 Å². The lowest BCUT2D eigenvalue weighted by Crippen LogP contribution is -2.21. The smallest absolute Gasteiger partial charge is 0.387 e. The lowest BCUT2D eigenvalue weighted by atomic mass is 10.1. The largest absolute Gasteiger partial charge is 0.490 e. The maximum Gasteiger partial charge on any atom is 0.387 e. The van der Waals surface area contributed by atoms with Crippen molar-refractivity contribution in [1.82, 2.24) is 0 Å². The highest BCUT2D eigenvalue weighted by Gasteiger charge is 2.16. The zero-order valence-electron chi connectivity index (χ0n) is 15.8. The maximum atomic E-state index is 12.4. The predicted octanol–water partition coefficient (Wildman–Crippen LogP) is 4.10. The molecule has 6 nitrogen and oxygen atoms in total. The van der Waals surface area contributed by atoms with Gasteiger partial charge in [0.25, 0.3) is 5.91 Å². The van der Waals surface area contributed by atoms with Gasteiger partial charge in [0.1, 0.15) is 0 Å². The minimum Gasteiger partial charge on any atom is -0.490 e. The highest BCUT2D eigenvalue weighted by Crippen LogP contribution is 2.30. The van der Waals surface area contributed by atoms with Crippen molar-refractivity contribution in [3.63, 3.8) is 0 Å². The lowest BCUT2D eigenvalue weighted by Gasteiger charge is -2.13. The molecule has 0 aliphatic heterocycles. The van der Waals surface area contributed by atoms with Gasteiger partial charge >= 0.3 is 12.6 Å². The Labute approximate surface area is 161 Å². The number of benzene rings is 2. The van der Waals surface area contributed by atoms with Crippen molar-refractivity contribution in [2.45, 2.75) is 27.4 Å². The Balaban J connectivity index is 2.01. The summed E-state index contributed by atoms with van der Waals surface area (Å²) in [6.07, 6.45) is 0. The highest BCUT2D eigenvalue weighted by atomic mass is 19.3. The molecule has 0 bridgehead atoms. The van der Waals surface area contributed by atoms with Gasteiger partial charge in [0.15, 0.2) is 18.1 Å². The van der Waals surface area contributed by atoms with E-state index < -0.39 is 25.1 Å². The topological polar surface area (TPSA) is 73.9 Å². The van der Waals surface area contributed by atoms with Crippen molar-refractivity contribution < 1.29 is 32.6 Å². The molecule has 0 atom stereocenters. The van der Waals surface area contributed by atoms with E-state index in [2.05, 4.69) is 10.1 Å². The highest BCUT2D eigenvalue weighted by molar-refractivity contribution is 5.96. The van der Waals surface area contributed by atoms with Crippen LogP contribution in [-0.4, -0.2) is 31.7 Å². The third-order valence-electron chi connectivity index (χ3n) is 3.70. The first-order valence-corrected chi connectivity index (χ1v) is 8.56. The van der Waals surface area contributed by atoms with Crippen molar-refractivity contribution in [3.05, 3.63) is 53.1 Å². The van der Waals surface area contributed by atoms with Crippen LogP contribution in [0.1, 0.15) is 28.4 Å². The number of esters is 1. The van der Waals surface area contributed by atoms with Crippen molar-refractivity contribution >= 4 is 17.6 Å². The Morgan fingerprint density at radius 2 is 1.82 bits per heavy atom. The van der Waals surface area contributed by atoms with Gasteiger partial charge in [0.2, 0.25) is 0 Å². The number of carbonyl (C=O) groups is 2. The van der Waals surface area contributed by atoms with Crippen LogP contribution < -0.4 is 14.8 Å². The van der Waals surface area contributed by atoms with Gasteiger partial charge < -0.3 is 19.5 Å². The van der Waals surface area contributed by atoms with Crippen LogP contribution in [0.3, 0.4) is 0 Å². The van der Waals surface area contributed by atoms with Gasteiger partial charge in [-0.05, 0) is 56.2 Å². The first kappa shape index (κ1) is 21.1. The Morgan fingerprint density at radius 1 is 1.07 bits per heavy atom. The second-order valence-corrected chi connectivity index (χ2v) is 5.92. The van der Waals surface area contributed by atoms with E-state index in [1.807, 2.05) is 32.0 Å². The molecule has 1 N–H and O–H groups in total. The molecular weight excluding hydrogens is 372 g/mol. The summed E-state index contributed by atoms with van der Waals surface area (Å²) in [5.41, 5.74) is 2.53. The molecule has 2 rings (SSSR count). The number of nitrogens with one attached hydrogen (secondary N) is 1. The SMILES string of the molecule is CCOc1cc(C(=O)OCC(=O)Nc2cc(C)ccc2C)ccc1OC(F)F. The Hall–Kier alpha value is -3.16. The Bertz CT molecular complexity index is 854. The summed E-state index contributed by atoms with van der Waals surface area (Å²) < 4.78 is 39.4. The number of carbonyl (C=O) groups excluding carboxylic acids is 2. The van der Waals surface area contributed by atoms with E-state index in [0.717, 1.165) is 11.1 Å². The summed E-state index contributed by atoms with van der Waals surface area (Å²) in [6.45, 7) is 2.08. The summed E-state index contributed by atoms with van der Waals surface area (Å²) in [5, 5.41) is 2.68. The van der Waals surface area contributed by atoms with Crippen LogP contribution in [0.4, 0.5) is 14.5 Å². The first-order valence-electron chi connectivity index (χ1n) is 8.56. The van der Waals surface area contributed by atoms with Crippen LogP contribution in [-0.2, 0) is 9.53 Å². The van der Waals surface area contributed by atoms with Gasteiger partial charge in [-0.25, -0.2) is 4.79 Å². The van der Waals surface area contributed by atoms with Gasteiger partial charge in [0.05, 0.1) is 12.2 Å². The fourth-order valence-corrected chi connectivity index (χ4v) is 2.37. The van der Waals surface area contributed by atoms with Crippen LogP contribution in [0.2, 0.25) is 0 Å². The molecule has 0 saturated carbocycles. The van der Waals surface area contributed by atoms with Crippen molar-refractivity contribution in [2.24, 2.45) is 0 Å². The maximum absolute atomic E-state index is 12.4. The molecule has 0 aliphatic carbocycles. The molecular formula is C20H21F2NO5. The second kappa shape index (κ2) is 9.68. The van der Waals surface area contributed by atoms with Crippen LogP contribution in [0.5, 0.6) is 11.5 Å². The van der Waals surface area contributed by atoms with Crippen LogP contribution in [0.25, 0.3) is 0 Å². The van der Waals surface area contributed by atoms with Gasteiger partial charge in [-0.15, -0.1) is 0 Å². The molecule has 150 valence electrons. The van der Waals surface area contributed by atoms with Crippen LogP contribution >= 0.6 is 0 Å². The molecule has 0 fully saturated rings. The fourth-order valence-electron chi connectivity index (χ4n) is 2.37. The quantitative estimate of drug-likeness (QED) is 0.684. The number of halogens is 2. The number of anilines is 1. The van der Waals surface area contributed by atoms with Crippen LogP contribution in [0, 0.1) is 13.8 Å². The molecule has 0 heterocycles. The number of hydrogen-bond donors (Lipinski definition) is 1. The van der Waals surface area contributed by atoms with Gasteiger partial charge in [-0.2, -0.15) is 8.78 Å². The van der Waals surface area contributed by atoms with E-state index in [4.69, 9.17) is 9.47 Å². The average molecular weight is 393 g/mol. The number of aryl methyl sites for hydroxylation is 2. The first-order chi connectivity index (χ1) is 13.3. The molecule has 0 aromatic heterocycles. The van der Waals surface area contributed by atoms with Crippen LogP contribution in [0.15, 0.2) is 36.4 Å². The summed E-state index contributed by atoms with van der Waals surface area (Å²) in [4.78, 5) is 24.2. The Kier molecular flexibility index (Phi) is 7.31. The molecule has 0 unspecified atom stereocenters. The number of amides is 1. The minimum absolute atomic E-state index is 0.0166. The van der Waals surface area contributed by atoms with Crippen molar-refractivity contribution in [1.29, 1.82) is 0 Å². The van der Waals surface area contributed by atoms with Crippen molar-refractivity contribution in [2.75, 3.05) is 18.5 Å². The molecule has 2 aromatic rings. The third kappa shape index (κ3) is 5.94. The minimum atomic E-state index is -3.02. The number of ether oxygens (including phenoxy) is 3. The zero-order chi connectivity index (χ0) is 20.7. The van der Waals surface area contributed by atoms with Gasteiger partial charge in [-0.1, -0.05) is 12.1 Å². The summed E-state index contributed by atoms with van der Waals surface area (Å²) in [5.74, 6) is -1.50. The summed E-state index contributed by atoms with van der Waals surface area (Å²) >= 11 is 0. The number of alkyl halides is 2.